The number of allylic oxidation sites excluding steroid dienone is 2. The third-order valence-electron chi connectivity index (χ3n) is 8.83. The summed E-state index contributed by atoms with van der Waals surface area (Å²) in [6.07, 6.45) is 7.60. The van der Waals surface area contributed by atoms with Crippen LogP contribution >= 0.6 is 0 Å². The van der Waals surface area contributed by atoms with Crippen LogP contribution in [0.4, 0.5) is 0 Å². The number of fused-ring (bicyclic) bond motifs is 6. The quantitative estimate of drug-likeness (QED) is 0.294. The van der Waals surface area contributed by atoms with E-state index in [0.717, 1.165) is 7.35 Å². The average Bonchev–Trinajstić information content (AvgIpc) is 3.40. The molecule has 0 bridgehead atoms. The zero-order valence-corrected chi connectivity index (χ0v) is 25.4. The number of hydrogen-bond donors (Lipinski definition) is 0. The van der Waals surface area contributed by atoms with Crippen LogP contribution < -0.4 is 24.8 Å². The molecule has 0 amide bonds. The maximum Gasteiger partial charge on any atom is -1.00 e. The first-order valence-corrected chi connectivity index (χ1v) is 21.9. The second kappa shape index (κ2) is 9.33. The van der Waals surface area contributed by atoms with Crippen LogP contribution in [0.15, 0.2) is 83.9 Å². The SMILES string of the molecule is CCC1=Cc2c(ccc3ccccc23)[CH]1[Hf+2]1([CH]2C(CC)=Cc3c2ccc2ccccc32)[CH2][CH2]1.[Cl-].[Cl-]. The van der Waals surface area contributed by atoms with Gasteiger partial charge in [-0.15, -0.1) is 0 Å². The molecule has 176 valence electrons. The molecular formula is C32H30Cl2Hf. The van der Waals surface area contributed by atoms with Crippen molar-refractivity contribution in [3.63, 3.8) is 0 Å². The Kier molecular flexibility index (Phi) is 6.66. The summed E-state index contributed by atoms with van der Waals surface area (Å²) < 4.78 is 4.63. The molecule has 0 spiro atoms. The minimum Gasteiger partial charge on any atom is -1.00 e. The zero-order chi connectivity index (χ0) is 22.2. The van der Waals surface area contributed by atoms with Crippen LogP contribution in [0.1, 0.15) is 56.3 Å². The summed E-state index contributed by atoms with van der Waals surface area (Å²) in [7, 11) is 0. The van der Waals surface area contributed by atoms with Gasteiger partial charge in [0.1, 0.15) is 0 Å². The molecule has 3 aliphatic rings. The van der Waals surface area contributed by atoms with Gasteiger partial charge in [-0.1, -0.05) is 0 Å². The minimum absolute atomic E-state index is 0. The molecule has 4 aromatic carbocycles. The van der Waals surface area contributed by atoms with E-state index in [1.807, 2.05) is 0 Å². The van der Waals surface area contributed by atoms with Crippen molar-refractivity contribution in [2.75, 3.05) is 0 Å². The van der Waals surface area contributed by atoms with E-state index >= 15 is 0 Å². The zero-order valence-electron chi connectivity index (χ0n) is 20.3. The molecule has 2 atom stereocenters. The Morgan fingerprint density at radius 3 is 1.43 bits per heavy atom. The molecule has 2 unspecified atom stereocenters. The second-order valence-electron chi connectivity index (χ2n) is 10.3. The monoisotopic (exact) mass is 664 g/mol. The Balaban J connectivity index is 0.00000127. The molecule has 4 aromatic rings. The molecule has 3 heteroatoms. The molecule has 2 aliphatic carbocycles. The third kappa shape index (κ3) is 3.57. The van der Waals surface area contributed by atoms with E-state index in [9.17, 15) is 0 Å². The maximum atomic E-state index is 2.61. The Bertz CT molecular complexity index is 1400. The predicted molar refractivity (Wildman–Crippen MR) is 140 cm³/mol. The van der Waals surface area contributed by atoms with Crippen LogP contribution in [0.5, 0.6) is 0 Å². The number of hydrogen-bond acceptors (Lipinski definition) is 0. The van der Waals surface area contributed by atoms with Gasteiger partial charge in [0.05, 0.1) is 0 Å². The van der Waals surface area contributed by atoms with Crippen molar-refractivity contribution in [1.82, 2.24) is 0 Å². The minimum atomic E-state index is -2.71. The van der Waals surface area contributed by atoms with Gasteiger partial charge >= 0.3 is 202 Å². The number of rotatable bonds is 4. The molecule has 1 heterocycles. The normalized spacial score (nSPS) is 20.1. The van der Waals surface area contributed by atoms with Gasteiger partial charge < -0.3 is 24.8 Å². The predicted octanol–water partition coefficient (Wildman–Crippen LogP) is 3.40. The van der Waals surface area contributed by atoms with E-state index in [2.05, 4.69) is 98.8 Å². The first-order chi connectivity index (χ1) is 16.2. The van der Waals surface area contributed by atoms with Crippen molar-refractivity contribution < 1.29 is 44.8 Å². The van der Waals surface area contributed by atoms with E-state index in [0.29, 0.717) is 0 Å². The van der Waals surface area contributed by atoms with E-state index in [4.69, 9.17) is 0 Å². The van der Waals surface area contributed by atoms with Gasteiger partial charge in [0.2, 0.25) is 0 Å². The van der Waals surface area contributed by atoms with Crippen molar-refractivity contribution in [2.24, 2.45) is 0 Å². The van der Waals surface area contributed by atoms with Gasteiger partial charge in [-0.05, 0) is 0 Å². The fraction of sp³-hybridized carbons (Fsp3) is 0.250. The second-order valence-corrected chi connectivity index (χ2v) is 26.9. The van der Waals surface area contributed by atoms with Gasteiger partial charge in [-0.3, -0.25) is 0 Å². The Morgan fingerprint density at radius 1 is 0.600 bits per heavy atom. The molecular weight excluding hydrogens is 634 g/mol. The molecule has 0 aromatic heterocycles. The topological polar surface area (TPSA) is 0 Å². The fourth-order valence-electron chi connectivity index (χ4n) is 7.25. The van der Waals surface area contributed by atoms with Crippen molar-refractivity contribution >= 4 is 33.7 Å². The summed E-state index contributed by atoms with van der Waals surface area (Å²) in [5, 5.41) is 5.68. The molecule has 0 nitrogen and oxygen atoms in total. The van der Waals surface area contributed by atoms with Crippen molar-refractivity contribution in [3.8, 4) is 0 Å². The molecule has 35 heavy (non-hydrogen) atoms. The molecule has 1 aliphatic heterocycles. The molecule has 1 fully saturated rings. The molecule has 0 radical (unpaired) electrons. The van der Waals surface area contributed by atoms with Crippen molar-refractivity contribution in [1.29, 1.82) is 0 Å². The summed E-state index contributed by atoms with van der Waals surface area (Å²) in [6.45, 7) is 4.78. The Hall–Kier alpha value is -1.67. The Labute approximate surface area is 225 Å². The smallest absolute Gasteiger partial charge is 1.00 e. The summed E-state index contributed by atoms with van der Waals surface area (Å²) in [4.78, 5) is 0. The van der Waals surface area contributed by atoms with Gasteiger partial charge in [0.25, 0.3) is 0 Å². The molecule has 0 N–H and O–H groups in total. The van der Waals surface area contributed by atoms with Gasteiger partial charge in [0, 0.05) is 0 Å². The number of benzene rings is 4. The number of halogens is 2. The molecule has 0 saturated carbocycles. The molecule has 1 saturated heterocycles. The van der Waals surface area contributed by atoms with Crippen LogP contribution in [0.3, 0.4) is 0 Å². The van der Waals surface area contributed by atoms with E-state index < -0.39 is 20.0 Å². The summed E-state index contributed by atoms with van der Waals surface area (Å²) >= 11 is -2.71. The summed E-state index contributed by atoms with van der Waals surface area (Å²) in [5.74, 6) is 0. The fourth-order valence-corrected chi connectivity index (χ4v) is 35.7. The summed E-state index contributed by atoms with van der Waals surface area (Å²) in [5.41, 5.74) is 9.92. The van der Waals surface area contributed by atoms with E-state index in [1.165, 1.54) is 34.4 Å². The van der Waals surface area contributed by atoms with Gasteiger partial charge in [-0.2, -0.15) is 0 Å². The van der Waals surface area contributed by atoms with Crippen LogP contribution in [0.25, 0.3) is 33.7 Å². The van der Waals surface area contributed by atoms with Crippen LogP contribution in [0.2, 0.25) is 8.35 Å². The molecule has 7 rings (SSSR count). The van der Waals surface area contributed by atoms with Crippen LogP contribution in [0, 0.1) is 0 Å². The third-order valence-corrected chi connectivity index (χ3v) is 27.9. The standard InChI is InChI=1S/2C15H13.C2H4.2ClH.Hf/c2*1-2-11-9-13-8-7-12-5-3-4-6-14(12)15(13)10-11;1-2;;;/h2*3-10H,2H2,1H3;1-2H2;2*1H;/q;;;;;+2/p-2. The summed E-state index contributed by atoms with van der Waals surface area (Å²) in [6, 6.07) is 27.8. The first kappa shape index (κ1) is 25.0. The van der Waals surface area contributed by atoms with Crippen molar-refractivity contribution in [2.45, 2.75) is 42.4 Å². The average molecular weight is 664 g/mol. The Morgan fingerprint density at radius 2 is 1.03 bits per heavy atom. The first-order valence-electron chi connectivity index (χ1n) is 12.7. The van der Waals surface area contributed by atoms with E-state index in [1.54, 1.807) is 41.8 Å². The van der Waals surface area contributed by atoms with Gasteiger partial charge in [-0.25, -0.2) is 0 Å². The van der Waals surface area contributed by atoms with Crippen LogP contribution in [-0.4, -0.2) is 0 Å². The largest absolute Gasteiger partial charge is 1.00 e. The maximum absolute atomic E-state index is 2.71. The van der Waals surface area contributed by atoms with E-state index in [-0.39, 0.29) is 24.8 Å². The van der Waals surface area contributed by atoms with Crippen molar-refractivity contribution in [3.05, 3.63) is 106 Å². The van der Waals surface area contributed by atoms with Crippen LogP contribution in [-0.2, 0) is 20.0 Å². The van der Waals surface area contributed by atoms with Gasteiger partial charge in [0.15, 0.2) is 0 Å².